The Morgan fingerprint density at radius 1 is 1.42 bits per heavy atom. The Labute approximate surface area is 69.1 Å². The number of H-pyrrole nitrogens is 1. The van der Waals surface area contributed by atoms with Gasteiger partial charge in [-0.25, -0.2) is 0 Å². The van der Waals surface area contributed by atoms with Gasteiger partial charge in [-0.1, -0.05) is 0 Å². The zero-order chi connectivity index (χ0) is 8.97. The first kappa shape index (κ1) is 8.32. The summed E-state index contributed by atoms with van der Waals surface area (Å²) >= 11 is 0. The highest BCUT2D eigenvalue weighted by Gasteiger charge is 2.03. The smallest absolute Gasteiger partial charge is 0.271 e. The van der Waals surface area contributed by atoms with Crippen LogP contribution in [0.2, 0.25) is 0 Å². The first-order valence-electron chi connectivity index (χ1n) is 3.40. The van der Waals surface area contributed by atoms with Crippen molar-refractivity contribution in [1.82, 2.24) is 15.8 Å². The summed E-state index contributed by atoms with van der Waals surface area (Å²) in [7, 11) is 0. The Kier molecular flexibility index (Phi) is 2.47. The van der Waals surface area contributed by atoms with Crippen LogP contribution in [0.5, 0.6) is 0 Å². The molecule has 0 aromatic carbocycles. The van der Waals surface area contributed by atoms with Crippen LogP contribution in [0.15, 0.2) is 18.5 Å². The summed E-state index contributed by atoms with van der Waals surface area (Å²) in [6.07, 6.45) is 3.17. The largest absolute Gasteiger partial charge is 0.367 e. The van der Waals surface area contributed by atoms with Gasteiger partial charge in [0, 0.05) is 19.3 Å². The van der Waals surface area contributed by atoms with E-state index in [0.29, 0.717) is 5.56 Å². The fraction of sp³-hybridized carbons (Fsp3) is 0.143. The maximum Gasteiger partial charge on any atom is 0.271 e. The number of aromatic nitrogens is 1. The summed E-state index contributed by atoms with van der Waals surface area (Å²) < 4.78 is 0. The van der Waals surface area contributed by atoms with Gasteiger partial charge >= 0.3 is 0 Å². The molecule has 0 saturated carbocycles. The second-order valence-corrected chi connectivity index (χ2v) is 2.23. The van der Waals surface area contributed by atoms with Gasteiger partial charge in [-0.05, 0) is 6.07 Å². The van der Waals surface area contributed by atoms with Crippen molar-refractivity contribution in [2.24, 2.45) is 0 Å². The molecule has 0 spiro atoms. The minimum Gasteiger partial charge on any atom is -0.367 e. The Balaban J connectivity index is 2.45. The Bertz CT molecular complexity index is 279. The van der Waals surface area contributed by atoms with E-state index >= 15 is 0 Å². The van der Waals surface area contributed by atoms with Gasteiger partial charge in [0.1, 0.15) is 0 Å². The molecule has 0 bridgehead atoms. The van der Waals surface area contributed by atoms with Gasteiger partial charge < -0.3 is 4.98 Å². The Morgan fingerprint density at radius 3 is 2.67 bits per heavy atom. The number of rotatable bonds is 1. The van der Waals surface area contributed by atoms with Crippen molar-refractivity contribution in [2.45, 2.75) is 6.92 Å². The number of carbonyl (C=O) groups is 2. The Hall–Kier alpha value is -1.78. The molecule has 1 aromatic heterocycles. The molecule has 12 heavy (non-hydrogen) atoms. The highest BCUT2D eigenvalue weighted by atomic mass is 16.2. The van der Waals surface area contributed by atoms with Crippen LogP contribution in [0.1, 0.15) is 17.3 Å². The summed E-state index contributed by atoms with van der Waals surface area (Å²) in [5.41, 5.74) is 4.88. The number of carbonyl (C=O) groups excluding carboxylic acids is 2. The molecule has 0 aliphatic heterocycles. The molecule has 0 radical (unpaired) electrons. The zero-order valence-corrected chi connectivity index (χ0v) is 6.55. The van der Waals surface area contributed by atoms with E-state index in [1.165, 1.54) is 13.1 Å². The molecular formula is C7H9N3O2. The summed E-state index contributed by atoms with van der Waals surface area (Å²) in [5, 5.41) is 0. The average Bonchev–Trinajstić information content (AvgIpc) is 2.51. The van der Waals surface area contributed by atoms with Gasteiger partial charge in [-0.3, -0.25) is 20.4 Å². The van der Waals surface area contributed by atoms with Gasteiger partial charge in [0.15, 0.2) is 0 Å². The van der Waals surface area contributed by atoms with E-state index in [1.54, 1.807) is 12.3 Å². The van der Waals surface area contributed by atoms with Crippen LogP contribution in [-0.4, -0.2) is 16.8 Å². The van der Waals surface area contributed by atoms with Crippen LogP contribution in [-0.2, 0) is 4.79 Å². The van der Waals surface area contributed by atoms with E-state index in [9.17, 15) is 9.59 Å². The quantitative estimate of drug-likeness (QED) is 0.506. The summed E-state index contributed by atoms with van der Waals surface area (Å²) in [4.78, 5) is 24.2. The first-order chi connectivity index (χ1) is 5.70. The third-order valence-electron chi connectivity index (χ3n) is 1.21. The molecule has 64 valence electrons. The highest BCUT2D eigenvalue weighted by molar-refractivity contribution is 5.94. The molecule has 0 aliphatic carbocycles. The van der Waals surface area contributed by atoms with Gasteiger partial charge in [0.25, 0.3) is 5.91 Å². The van der Waals surface area contributed by atoms with Crippen molar-refractivity contribution in [3.8, 4) is 0 Å². The fourth-order valence-corrected chi connectivity index (χ4v) is 0.682. The van der Waals surface area contributed by atoms with Crippen LogP contribution in [0.4, 0.5) is 0 Å². The van der Waals surface area contributed by atoms with Crippen molar-refractivity contribution < 1.29 is 9.59 Å². The van der Waals surface area contributed by atoms with Crippen LogP contribution in [0.25, 0.3) is 0 Å². The van der Waals surface area contributed by atoms with Crippen molar-refractivity contribution in [1.29, 1.82) is 0 Å². The second-order valence-electron chi connectivity index (χ2n) is 2.23. The lowest BCUT2D eigenvalue weighted by molar-refractivity contribution is -0.119. The normalized spacial score (nSPS) is 9.08. The number of hydrogen-bond acceptors (Lipinski definition) is 2. The summed E-state index contributed by atoms with van der Waals surface area (Å²) in [6, 6.07) is 1.61. The number of aromatic amines is 1. The van der Waals surface area contributed by atoms with E-state index in [0.717, 1.165) is 0 Å². The lowest BCUT2D eigenvalue weighted by Crippen LogP contribution is -2.40. The predicted octanol–water partition coefficient (Wildman–Crippen LogP) is -0.204. The molecule has 1 rings (SSSR count). The number of hydrazine groups is 1. The maximum absolute atomic E-state index is 11.1. The molecule has 0 saturated heterocycles. The lowest BCUT2D eigenvalue weighted by atomic mass is 10.3. The van der Waals surface area contributed by atoms with Crippen LogP contribution in [0.3, 0.4) is 0 Å². The number of hydrogen-bond donors (Lipinski definition) is 3. The van der Waals surface area contributed by atoms with E-state index in [4.69, 9.17) is 0 Å². The molecule has 0 unspecified atom stereocenters. The van der Waals surface area contributed by atoms with Gasteiger partial charge in [-0.15, -0.1) is 0 Å². The topological polar surface area (TPSA) is 74.0 Å². The lowest BCUT2D eigenvalue weighted by Gasteiger charge is -2.01. The van der Waals surface area contributed by atoms with Crippen LogP contribution >= 0.6 is 0 Å². The van der Waals surface area contributed by atoms with E-state index < -0.39 is 0 Å². The van der Waals surface area contributed by atoms with Crippen molar-refractivity contribution in [3.63, 3.8) is 0 Å². The number of amides is 2. The molecule has 0 atom stereocenters. The predicted molar refractivity (Wildman–Crippen MR) is 42.1 cm³/mol. The first-order valence-corrected chi connectivity index (χ1v) is 3.40. The maximum atomic E-state index is 11.1. The molecule has 2 amide bonds. The van der Waals surface area contributed by atoms with Gasteiger partial charge in [0.05, 0.1) is 5.56 Å². The number of nitrogens with one attached hydrogen (secondary N) is 3. The standard InChI is InChI=1S/C7H9N3O2/c1-5(11)9-10-7(12)6-2-3-8-4-6/h2-4,8H,1H3,(H,9,11)(H,10,12). The van der Waals surface area contributed by atoms with E-state index in [-0.39, 0.29) is 11.8 Å². The van der Waals surface area contributed by atoms with Gasteiger partial charge in [0.2, 0.25) is 5.91 Å². The Morgan fingerprint density at radius 2 is 2.17 bits per heavy atom. The fourth-order valence-electron chi connectivity index (χ4n) is 0.682. The summed E-state index contributed by atoms with van der Waals surface area (Å²) in [6.45, 7) is 1.32. The molecule has 5 heteroatoms. The molecular weight excluding hydrogens is 158 g/mol. The third kappa shape index (κ3) is 2.12. The van der Waals surface area contributed by atoms with Crippen molar-refractivity contribution >= 4 is 11.8 Å². The molecule has 1 aromatic rings. The minimum atomic E-state index is -0.341. The van der Waals surface area contributed by atoms with E-state index in [2.05, 4.69) is 15.8 Å². The van der Waals surface area contributed by atoms with Crippen LogP contribution in [0, 0.1) is 0 Å². The molecule has 0 aliphatic rings. The molecule has 5 nitrogen and oxygen atoms in total. The second kappa shape index (κ2) is 3.56. The third-order valence-corrected chi connectivity index (χ3v) is 1.21. The van der Waals surface area contributed by atoms with Crippen molar-refractivity contribution in [2.75, 3.05) is 0 Å². The minimum absolute atomic E-state index is 0.307. The SMILES string of the molecule is CC(=O)NNC(=O)c1cc[nH]c1. The monoisotopic (exact) mass is 167 g/mol. The molecule has 3 N–H and O–H groups in total. The van der Waals surface area contributed by atoms with Crippen molar-refractivity contribution in [3.05, 3.63) is 24.0 Å². The highest BCUT2D eigenvalue weighted by Crippen LogP contribution is 1.93. The molecule has 1 heterocycles. The van der Waals surface area contributed by atoms with Crippen LogP contribution < -0.4 is 10.9 Å². The zero-order valence-electron chi connectivity index (χ0n) is 6.55. The average molecular weight is 167 g/mol. The summed E-state index contributed by atoms with van der Waals surface area (Å²) in [5.74, 6) is -0.648. The van der Waals surface area contributed by atoms with Gasteiger partial charge in [-0.2, -0.15) is 0 Å². The molecule has 0 fully saturated rings. The van der Waals surface area contributed by atoms with E-state index in [1.807, 2.05) is 0 Å².